The number of fused-ring (bicyclic) bond motifs is 2. The average molecular weight is 561 g/mol. The second kappa shape index (κ2) is 10.4. The number of amides is 3. The molecule has 1 aromatic heterocycles. The summed E-state index contributed by atoms with van der Waals surface area (Å²) in [5, 5.41) is 0.783. The molecule has 0 bridgehead atoms. The van der Waals surface area contributed by atoms with Crippen molar-refractivity contribution in [3.63, 3.8) is 0 Å². The fraction of sp³-hybridized carbons (Fsp3) is 0.500. The number of benzene rings is 1. The molecule has 3 aliphatic rings. The minimum Gasteiger partial charge on any atom is -0.351 e. The topological polar surface area (TPSA) is 82.8 Å². The predicted molar refractivity (Wildman–Crippen MR) is 139 cm³/mol. The highest BCUT2D eigenvalue weighted by Crippen LogP contribution is 2.40. The molecule has 2 aromatic rings. The van der Waals surface area contributed by atoms with Gasteiger partial charge in [0.15, 0.2) is 0 Å². The smallest absolute Gasteiger partial charge is 0.314 e. The van der Waals surface area contributed by atoms with Gasteiger partial charge in [0.2, 0.25) is 5.91 Å². The second-order valence-electron chi connectivity index (χ2n) is 9.80. The minimum atomic E-state index is -0.366. The van der Waals surface area contributed by atoms with Gasteiger partial charge in [-0.3, -0.25) is 14.7 Å². The van der Waals surface area contributed by atoms with Crippen molar-refractivity contribution < 1.29 is 9.59 Å². The molecule has 1 unspecified atom stereocenters. The highest BCUT2D eigenvalue weighted by atomic mass is 79.9. The van der Waals surface area contributed by atoms with Gasteiger partial charge < -0.3 is 15.5 Å². The first kappa shape index (κ1) is 24.5. The maximum absolute atomic E-state index is 13.1. The summed E-state index contributed by atoms with van der Waals surface area (Å²) >= 11 is 10.4. The van der Waals surface area contributed by atoms with Crippen molar-refractivity contribution in [2.75, 3.05) is 39.3 Å². The molecule has 1 atom stereocenters. The number of piperazine rings is 1. The lowest BCUT2D eigenvalue weighted by Crippen LogP contribution is -2.50. The van der Waals surface area contributed by atoms with E-state index in [1.54, 1.807) is 4.90 Å². The minimum absolute atomic E-state index is 0.0142. The lowest BCUT2D eigenvalue weighted by molar-refractivity contribution is -0.134. The SMILES string of the molecule is NC(=O)N1CCC(CC(=O)N2CCN(C3c4ncc(Br)cc4CCc4cccc(Cl)c43)CC2)CC1. The zero-order chi connectivity index (χ0) is 24.5. The highest BCUT2D eigenvalue weighted by Gasteiger charge is 2.35. The highest BCUT2D eigenvalue weighted by molar-refractivity contribution is 9.10. The summed E-state index contributed by atoms with van der Waals surface area (Å²) in [6.07, 6.45) is 5.96. The molecule has 1 aromatic carbocycles. The monoisotopic (exact) mass is 559 g/mol. The van der Waals surface area contributed by atoms with Crippen LogP contribution >= 0.6 is 27.5 Å². The Morgan fingerprint density at radius 1 is 1.03 bits per heavy atom. The Morgan fingerprint density at radius 2 is 1.74 bits per heavy atom. The second-order valence-corrected chi connectivity index (χ2v) is 11.1. The quantitative estimate of drug-likeness (QED) is 0.615. The molecule has 3 amide bonds. The Morgan fingerprint density at radius 3 is 2.46 bits per heavy atom. The average Bonchev–Trinajstić information content (AvgIpc) is 3.02. The number of carbonyl (C=O) groups is 2. The van der Waals surface area contributed by atoms with Crippen LogP contribution in [0.2, 0.25) is 5.02 Å². The van der Waals surface area contributed by atoms with Gasteiger partial charge in [-0.05, 0) is 76.4 Å². The summed E-state index contributed by atoms with van der Waals surface area (Å²) in [6, 6.07) is 7.98. The third kappa shape index (κ3) is 5.20. The standard InChI is InChI=1S/C26H31BrClN5O2/c27-20-15-19-5-4-18-2-1-3-21(28)23(18)25(24(19)30-16-20)32-12-10-31(11-13-32)22(34)14-17-6-8-33(9-7-17)26(29)35/h1-3,15-17,25H,4-14H2,(H2,29,35). The lowest BCUT2D eigenvalue weighted by atomic mass is 9.93. The number of halogens is 2. The van der Waals surface area contributed by atoms with E-state index >= 15 is 0 Å². The van der Waals surface area contributed by atoms with Crippen LogP contribution in [0.1, 0.15) is 47.7 Å². The van der Waals surface area contributed by atoms with Crippen LogP contribution in [0.25, 0.3) is 0 Å². The summed E-state index contributed by atoms with van der Waals surface area (Å²) in [7, 11) is 0. The first-order valence-corrected chi connectivity index (χ1v) is 13.6. The van der Waals surface area contributed by atoms with Gasteiger partial charge in [0, 0.05) is 61.4 Å². The van der Waals surface area contributed by atoms with Crippen LogP contribution in [0.5, 0.6) is 0 Å². The molecule has 1 aliphatic carbocycles. The van der Waals surface area contributed by atoms with Gasteiger partial charge >= 0.3 is 6.03 Å². The molecule has 186 valence electrons. The molecular weight excluding hydrogens is 530 g/mol. The van der Waals surface area contributed by atoms with Crippen molar-refractivity contribution >= 4 is 39.5 Å². The van der Waals surface area contributed by atoms with Crippen LogP contribution in [-0.4, -0.2) is 70.9 Å². The van der Waals surface area contributed by atoms with Crippen LogP contribution in [-0.2, 0) is 17.6 Å². The number of rotatable bonds is 3. The number of hydrogen-bond acceptors (Lipinski definition) is 4. The van der Waals surface area contributed by atoms with E-state index in [1.807, 2.05) is 23.2 Å². The number of nitrogens with zero attached hydrogens (tertiary/aromatic N) is 4. The third-order valence-corrected chi connectivity index (χ3v) is 8.49. The Bertz CT molecular complexity index is 1110. The summed E-state index contributed by atoms with van der Waals surface area (Å²) in [6.45, 7) is 4.23. The number of aryl methyl sites for hydroxylation is 2. The molecular formula is C26H31BrClN5O2. The number of pyridine rings is 1. The number of piperidine rings is 1. The van der Waals surface area contributed by atoms with Crippen LogP contribution in [0.15, 0.2) is 34.9 Å². The molecule has 9 heteroatoms. The third-order valence-electron chi connectivity index (χ3n) is 7.73. The van der Waals surface area contributed by atoms with E-state index in [-0.39, 0.29) is 18.0 Å². The molecule has 2 N–H and O–H groups in total. The van der Waals surface area contributed by atoms with E-state index in [0.717, 1.165) is 59.5 Å². The molecule has 35 heavy (non-hydrogen) atoms. The zero-order valence-electron chi connectivity index (χ0n) is 19.8. The van der Waals surface area contributed by atoms with Crippen molar-refractivity contribution in [3.8, 4) is 0 Å². The molecule has 0 spiro atoms. The largest absolute Gasteiger partial charge is 0.351 e. The normalized spacial score (nSPS) is 21.3. The first-order chi connectivity index (χ1) is 16.9. The molecule has 7 nitrogen and oxygen atoms in total. The number of likely N-dealkylation sites (tertiary alicyclic amines) is 1. The molecule has 0 radical (unpaired) electrons. The number of carbonyl (C=O) groups excluding carboxylic acids is 2. The van der Waals surface area contributed by atoms with E-state index in [9.17, 15) is 9.59 Å². The summed E-state index contributed by atoms with van der Waals surface area (Å²) in [5.74, 6) is 0.530. The van der Waals surface area contributed by atoms with Gasteiger partial charge in [0.1, 0.15) is 0 Å². The van der Waals surface area contributed by atoms with E-state index in [0.29, 0.717) is 38.5 Å². The van der Waals surface area contributed by atoms with Crippen LogP contribution < -0.4 is 5.73 Å². The maximum Gasteiger partial charge on any atom is 0.314 e. The maximum atomic E-state index is 13.1. The summed E-state index contributed by atoms with van der Waals surface area (Å²) in [4.78, 5) is 35.4. The molecule has 2 fully saturated rings. The van der Waals surface area contributed by atoms with Crippen molar-refractivity contribution in [2.45, 2.75) is 38.1 Å². The van der Waals surface area contributed by atoms with E-state index < -0.39 is 0 Å². The van der Waals surface area contributed by atoms with Gasteiger partial charge in [-0.15, -0.1) is 0 Å². The number of nitrogens with two attached hydrogens (primary N) is 1. The van der Waals surface area contributed by atoms with Crippen molar-refractivity contribution in [1.82, 2.24) is 19.7 Å². The van der Waals surface area contributed by atoms with Crippen molar-refractivity contribution in [1.29, 1.82) is 0 Å². The Kier molecular flexibility index (Phi) is 7.32. The molecule has 2 aliphatic heterocycles. The van der Waals surface area contributed by atoms with Gasteiger partial charge in [-0.2, -0.15) is 0 Å². The number of hydrogen-bond donors (Lipinski definition) is 1. The van der Waals surface area contributed by atoms with Gasteiger partial charge in [0.05, 0.1) is 11.7 Å². The molecule has 2 saturated heterocycles. The van der Waals surface area contributed by atoms with Crippen molar-refractivity contribution in [2.24, 2.45) is 11.7 Å². The van der Waals surface area contributed by atoms with Gasteiger partial charge in [0.25, 0.3) is 0 Å². The lowest BCUT2D eigenvalue weighted by Gasteiger charge is -2.40. The molecule has 3 heterocycles. The number of urea groups is 1. The predicted octanol–water partition coefficient (Wildman–Crippen LogP) is 4.01. The van der Waals surface area contributed by atoms with Crippen LogP contribution in [0.4, 0.5) is 4.79 Å². The van der Waals surface area contributed by atoms with Crippen LogP contribution in [0.3, 0.4) is 0 Å². The Labute approximate surface area is 219 Å². The number of aromatic nitrogens is 1. The van der Waals surface area contributed by atoms with Crippen molar-refractivity contribution in [3.05, 3.63) is 62.3 Å². The van der Waals surface area contributed by atoms with E-state index in [4.69, 9.17) is 22.3 Å². The van der Waals surface area contributed by atoms with E-state index in [2.05, 4.69) is 33.0 Å². The molecule has 0 saturated carbocycles. The van der Waals surface area contributed by atoms with Gasteiger partial charge in [-0.1, -0.05) is 23.7 Å². The summed E-state index contributed by atoms with van der Waals surface area (Å²) in [5.41, 5.74) is 10.1. The van der Waals surface area contributed by atoms with Crippen LogP contribution in [0, 0.1) is 5.92 Å². The number of primary amides is 1. The fourth-order valence-electron chi connectivity index (χ4n) is 5.77. The zero-order valence-corrected chi connectivity index (χ0v) is 22.1. The first-order valence-electron chi connectivity index (χ1n) is 12.4. The van der Waals surface area contributed by atoms with E-state index in [1.165, 1.54) is 11.1 Å². The molecule has 5 rings (SSSR count). The van der Waals surface area contributed by atoms with Gasteiger partial charge in [-0.25, -0.2) is 4.79 Å². The Balaban J connectivity index is 1.29. The Hall–Kier alpha value is -2.16. The summed E-state index contributed by atoms with van der Waals surface area (Å²) < 4.78 is 0.990. The fourth-order valence-corrected chi connectivity index (χ4v) is 6.44.